The molecule has 8 heteroatoms. The fourth-order valence-electron chi connectivity index (χ4n) is 2.82. The van der Waals surface area contributed by atoms with Gasteiger partial charge in [-0.2, -0.15) is 5.10 Å². The van der Waals surface area contributed by atoms with Crippen molar-refractivity contribution in [1.29, 1.82) is 0 Å². The highest BCUT2D eigenvalue weighted by Gasteiger charge is 2.22. The van der Waals surface area contributed by atoms with Crippen LogP contribution in [0.4, 0.5) is 18.9 Å². The van der Waals surface area contributed by atoms with E-state index in [1.807, 2.05) is 6.92 Å². The minimum absolute atomic E-state index is 0.0570. The molecule has 0 aliphatic carbocycles. The Bertz CT molecular complexity index is 956. The zero-order chi connectivity index (χ0) is 19.7. The summed E-state index contributed by atoms with van der Waals surface area (Å²) in [5, 5.41) is 6.49. The molecular formula is C19H16F3N3O2. The molecule has 0 saturated carbocycles. The van der Waals surface area contributed by atoms with Gasteiger partial charge in [0.2, 0.25) is 5.91 Å². The maximum Gasteiger partial charge on any atom is 0.258 e. The van der Waals surface area contributed by atoms with Crippen LogP contribution in [0.1, 0.15) is 34.8 Å². The van der Waals surface area contributed by atoms with Gasteiger partial charge >= 0.3 is 0 Å². The van der Waals surface area contributed by atoms with Crippen LogP contribution in [0.5, 0.6) is 0 Å². The molecule has 0 aromatic heterocycles. The lowest BCUT2D eigenvalue weighted by Gasteiger charge is -2.19. The van der Waals surface area contributed by atoms with Crippen molar-refractivity contribution >= 4 is 23.2 Å². The topological polar surface area (TPSA) is 70.6 Å². The van der Waals surface area contributed by atoms with Gasteiger partial charge < -0.3 is 5.32 Å². The summed E-state index contributed by atoms with van der Waals surface area (Å²) >= 11 is 0. The molecule has 5 nitrogen and oxygen atoms in total. The van der Waals surface area contributed by atoms with Crippen molar-refractivity contribution in [3.63, 3.8) is 0 Å². The number of amides is 2. The number of hydrogen-bond donors (Lipinski definition) is 2. The first-order chi connectivity index (χ1) is 12.8. The molecule has 1 unspecified atom stereocenters. The smallest absolute Gasteiger partial charge is 0.258 e. The summed E-state index contributed by atoms with van der Waals surface area (Å²) in [5.74, 6) is -4.82. The average Bonchev–Trinajstić information content (AvgIpc) is 2.64. The van der Waals surface area contributed by atoms with Crippen molar-refractivity contribution in [2.24, 2.45) is 11.0 Å². The summed E-state index contributed by atoms with van der Waals surface area (Å²) in [6.45, 7) is 2.94. The second-order valence-electron chi connectivity index (χ2n) is 6.33. The van der Waals surface area contributed by atoms with Crippen molar-refractivity contribution in [3.8, 4) is 0 Å². The molecule has 1 aliphatic rings. The van der Waals surface area contributed by atoms with Crippen LogP contribution in [-0.4, -0.2) is 17.5 Å². The van der Waals surface area contributed by atoms with Gasteiger partial charge in [0, 0.05) is 23.6 Å². The maximum atomic E-state index is 14.1. The third-order valence-electron chi connectivity index (χ3n) is 4.32. The minimum atomic E-state index is -1.32. The van der Waals surface area contributed by atoms with Gasteiger partial charge in [0.1, 0.15) is 5.82 Å². The minimum Gasteiger partial charge on any atom is -0.322 e. The first-order valence-electron chi connectivity index (χ1n) is 8.20. The van der Waals surface area contributed by atoms with Crippen molar-refractivity contribution in [2.45, 2.75) is 20.3 Å². The van der Waals surface area contributed by atoms with E-state index in [0.717, 1.165) is 12.5 Å². The van der Waals surface area contributed by atoms with Crippen LogP contribution in [0, 0.1) is 30.3 Å². The molecule has 0 radical (unpaired) electrons. The van der Waals surface area contributed by atoms with Gasteiger partial charge in [0.15, 0.2) is 11.6 Å². The molecule has 140 valence electrons. The van der Waals surface area contributed by atoms with Crippen molar-refractivity contribution < 1.29 is 22.8 Å². The third kappa shape index (κ3) is 3.69. The summed E-state index contributed by atoms with van der Waals surface area (Å²) < 4.78 is 40.9. The summed E-state index contributed by atoms with van der Waals surface area (Å²) in [4.78, 5) is 23.5. The standard InChI is InChI=1S/C19H16F3N3O2/c1-9-7-15(26)24-25-18(9)11-3-5-12(6-4-11)23-19(27)13-8-14(20)17(22)10(2)16(13)21/h3-6,8-9H,7H2,1-2H3,(H,23,27)(H,24,26). The number of carbonyl (C=O) groups excluding carboxylic acids is 2. The van der Waals surface area contributed by atoms with Crippen LogP contribution in [0.3, 0.4) is 0 Å². The molecule has 0 bridgehead atoms. The predicted octanol–water partition coefficient (Wildman–Crippen LogP) is 3.52. The van der Waals surface area contributed by atoms with E-state index in [-0.39, 0.29) is 11.8 Å². The van der Waals surface area contributed by atoms with Crippen molar-refractivity contribution in [1.82, 2.24) is 5.43 Å². The zero-order valence-electron chi connectivity index (χ0n) is 14.6. The first kappa shape index (κ1) is 18.6. The molecule has 0 spiro atoms. The Morgan fingerprint density at radius 2 is 1.85 bits per heavy atom. The molecular weight excluding hydrogens is 359 g/mol. The maximum absolute atomic E-state index is 14.1. The Balaban J connectivity index is 1.79. The van der Waals surface area contributed by atoms with E-state index in [0.29, 0.717) is 23.9 Å². The quantitative estimate of drug-likeness (QED) is 0.806. The Labute approximate surface area is 153 Å². The van der Waals surface area contributed by atoms with Crippen LogP contribution in [0.25, 0.3) is 0 Å². The second kappa shape index (κ2) is 7.22. The Morgan fingerprint density at radius 1 is 1.19 bits per heavy atom. The summed E-state index contributed by atoms with van der Waals surface area (Å²) in [6.07, 6.45) is 0.325. The number of nitrogens with zero attached hydrogens (tertiary/aromatic N) is 1. The van der Waals surface area contributed by atoms with E-state index in [9.17, 15) is 22.8 Å². The monoisotopic (exact) mass is 375 g/mol. The lowest BCUT2D eigenvalue weighted by molar-refractivity contribution is -0.121. The second-order valence-corrected chi connectivity index (χ2v) is 6.33. The van der Waals surface area contributed by atoms with E-state index < -0.39 is 34.5 Å². The van der Waals surface area contributed by atoms with E-state index in [4.69, 9.17) is 0 Å². The van der Waals surface area contributed by atoms with E-state index >= 15 is 0 Å². The van der Waals surface area contributed by atoms with E-state index in [1.165, 1.54) is 0 Å². The number of nitrogens with one attached hydrogen (secondary N) is 2. The fraction of sp³-hybridized carbons (Fsp3) is 0.211. The Kier molecular flexibility index (Phi) is 4.98. The van der Waals surface area contributed by atoms with Gasteiger partial charge in [-0.25, -0.2) is 18.6 Å². The number of rotatable bonds is 3. The Hall–Kier alpha value is -3.16. The SMILES string of the molecule is Cc1c(F)c(F)cc(C(=O)Nc2ccc(C3=NNC(=O)CC3C)cc2)c1F. The highest BCUT2D eigenvalue weighted by atomic mass is 19.2. The normalized spacial score (nSPS) is 16.6. The van der Waals surface area contributed by atoms with Gasteiger partial charge in [0.05, 0.1) is 11.3 Å². The van der Waals surface area contributed by atoms with Gasteiger partial charge in [0.25, 0.3) is 5.91 Å². The molecule has 1 aliphatic heterocycles. The predicted molar refractivity (Wildman–Crippen MR) is 93.9 cm³/mol. The third-order valence-corrected chi connectivity index (χ3v) is 4.32. The molecule has 0 fully saturated rings. The fourth-order valence-corrected chi connectivity index (χ4v) is 2.82. The number of hydrazone groups is 1. The van der Waals surface area contributed by atoms with Gasteiger partial charge in [-0.15, -0.1) is 0 Å². The van der Waals surface area contributed by atoms with Gasteiger partial charge in [-0.05, 0) is 30.7 Å². The molecule has 2 N–H and O–H groups in total. The molecule has 2 aromatic carbocycles. The number of carbonyl (C=O) groups is 2. The lowest BCUT2D eigenvalue weighted by atomic mass is 9.94. The van der Waals surface area contributed by atoms with Gasteiger partial charge in [-0.3, -0.25) is 9.59 Å². The van der Waals surface area contributed by atoms with E-state index in [1.54, 1.807) is 24.3 Å². The van der Waals surface area contributed by atoms with Crippen LogP contribution in [-0.2, 0) is 4.79 Å². The highest BCUT2D eigenvalue weighted by Crippen LogP contribution is 2.22. The lowest BCUT2D eigenvalue weighted by Crippen LogP contribution is -2.31. The number of anilines is 1. The highest BCUT2D eigenvalue weighted by molar-refractivity contribution is 6.07. The summed E-state index contributed by atoms with van der Waals surface area (Å²) in [7, 11) is 0. The van der Waals surface area contributed by atoms with Crippen molar-refractivity contribution in [2.75, 3.05) is 5.32 Å². The van der Waals surface area contributed by atoms with Crippen LogP contribution in [0.2, 0.25) is 0 Å². The molecule has 2 aromatic rings. The number of halogens is 3. The number of hydrogen-bond acceptors (Lipinski definition) is 3. The molecule has 1 heterocycles. The van der Waals surface area contributed by atoms with Gasteiger partial charge in [-0.1, -0.05) is 19.1 Å². The molecule has 2 amide bonds. The first-order valence-corrected chi connectivity index (χ1v) is 8.20. The molecule has 27 heavy (non-hydrogen) atoms. The van der Waals surface area contributed by atoms with Crippen LogP contribution in [0.15, 0.2) is 35.4 Å². The Morgan fingerprint density at radius 3 is 2.48 bits per heavy atom. The van der Waals surface area contributed by atoms with Crippen LogP contribution < -0.4 is 10.7 Å². The van der Waals surface area contributed by atoms with Crippen LogP contribution >= 0.6 is 0 Å². The summed E-state index contributed by atoms with van der Waals surface area (Å²) in [6, 6.07) is 7.06. The molecule has 3 rings (SSSR count). The molecule has 1 atom stereocenters. The van der Waals surface area contributed by atoms with E-state index in [2.05, 4.69) is 15.8 Å². The molecule has 0 saturated heterocycles. The zero-order valence-corrected chi connectivity index (χ0v) is 14.6. The number of benzene rings is 2. The summed E-state index contributed by atoms with van der Waals surface area (Å²) in [5.41, 5.74) is 3.10. The largest absolute Gasteiger partial charge is 0.322 e. The van der Waals surface area contributed by atoms with Crippen molar-refractivity contribution in [3.05, 3.63) is 64.5 Å². The average molecular weight is 375 g/mol.